The molecule has 16 heavy (non-hydrogen) atoms. The Morgan fingerprint density at radius 3 is 2.94 bits per heavy atom. The number of anilines is 2. The van der Waals surface area contributed by atoms with Gasteiger partial charge < -0.3 is 10.6 Å². The van der Waals surface area contributed by atoms with E-state index in [0.29, 0.717) is 6.04 Å². The molecule has 3 nitrogen and oxygen atoms in total. The van der Waals surface area contributed by atoms with E-state index >= 15 is 0 Å². The second-order valence-electron chi connectivity index (χ2n) is 3.79. The van der Waals surface area contributed by atoms with E-state index in [2.05, 4.69) is 41.4 Å². The molecule has 0 aliphatic carbocycles. The molecule has 86 valence electrons. The largest absolute Gasteiger partial charge is 0.389 e. The number of hydrogen-bond donors (Lipinski definition) is 1. The smallest absolute Gasteiger partial charge is 0.187 e. The third-order valence-electron chi connectivity index (χ3n) is 2.55. The molecule has 0 saturated carbocycles. The van der Waals surface area contributed by atoms with E-state index in [1.165, 1.54) is 16.2 Å². The van der Waals surface area contributed by atoms with Gasteiger partial charge in [0.25, 0.3) is 0 Å². The van der Waals surface area contributed by atoms with Crippen LogP contribution in [0.3, 0.4) is 0 Å². The molecule has 2 aromatic heterocycles. The van der Waals surface area contributed by atoms with Gasteiger partial charge >= 0.3 is 0 Å². The lowest BCUT2D eigenvalue weighted by Gasteiger charge is -2.23. The fraction of sp³-hybridized carbons (Fsp3) is 0.364. The number of hydrogen-bond acceptors (Lipinski definition) is 5. The first-order chi connectivity index (χ1) is 7.66. The van der Waals surface area contributed by atoms with Crippen molar-refractivity contribution in [1.29, 1.82) is 0 Å². The second-order valence-corrected chi connectivity index (χ2v) is 5.86. The average Bonchev–Trinajstić information content (AvgIpc) is 2.88. The van der Waals surface area contributed by atoms with Gasteiger partial charge in [-0.2, -0.15) is 0 Å². The van der Waals surface area contributed by atoms with Gasteiger partial charge in [-0.25, -0.2) is 4.98 Å². The molecule has 0 fully saturated rings. The SMILES string of the molecule is CC(Cc1cccs1)N(C)c1ncc(N)s1. The van der Waals surface area contributed by atoms with Crippen molar-refractivity contribution in [3.05, 3.63) is 28.6 Å². The average molecular weight is 253 g/mol. The first-order valence-electron chi connectivity index (χ1n) is 5.13. The summed E-state index contributed by atoms with van der Waals surface area (Å²) in [5, 5.41) is 3.87. The van der Waals surface area contributed by atoms with E-state index in [1.54, 1.807) is 17.5 Å². The van der Waals surface area contributed by atoms with Crippen molar-refractivity contribution in [3.8, 4) is 0 Å². The molecule has 0 radical (unpaired) electrons. The van der Waals surface area contributed by atoms with Gasteiger partial charge in [-0.05, 0) is 18.4 Å². The number of thiazole rings is 1. The van der Waals surface area contributed by atoms with Crippen LogP contribution in [0.2, 0.25) is 0 Å². The van der Waals surface area contributed by atoms with Crippen LogP contribution in [-0.4, -0.2) is 18.1 Å². The molecule has 5 heteroatoms. The van der Waals surface area contributed by atoms with Gasteiger partial charge in [0.2, 0.25) is 0 Å². The highest BCUT2D eigenvalue weighted by atomic mass is 32.1. The molecule has 0 aliphatic rings. The van der Waals surface area contributed by atoms with E-state index in [1.807, 2.05) is 0 Å². The number of likely N-dealkylation sites (N-methyl/N-ethyl adjacent to an activating group) is 1. The molecule has 2 rings (SSSR count). The first-order valence-corrected chi connectivity index (χ1v) is 6.83. The zero-order chi connectivity index (χ0) is 11.5. The lowest BCUT2D eigenvalue weighted by molar-refractivity contribution is 0.686. The summed E-state index contributed by atoms with van der Waals surface area (Å²) in [5.41, 5.74) is 5.68. The van der Waals surface area contributed by atoms with E-state index in [-0.39, 0.29) is 0 Å². The Labute approximate surface area is 104 Å². The normalized spacial score (nSPS) is 12.6. The fourth-order valence-electron chi connectivity index (χ4n) is 1.49. The lowest BCUT2D eigenvalue weighted by Crippen LogP contribution is -2.30. The van der Waals surface area contributed by atoms with Crippen LogP contribution < -0.4 is 10.6 Å². The zero-order valence-corrected chi connectivity index (χ0v) is 11.0. The highest BCUT2D eigenvalue weighted by Gasteiger charge is 2.13. The number of nitrogen functional groups attached to an aromatic ring is 1. The highest BCUT2D eigenvalue weighted by Crippen LogP contribution is 2.25. The Morgan fingerprint density at radius 2 is 2.38 bits per heavy atom. The fourth-order valence-corrected chi connectivity index (χ4v) is 3.06. The van der Waals surface area contributed by atoms with Crippen molar-refractivity contribution in [1.82, 2.24) is 4.98 Å². The molecular formula is C11H15N3S2. The van der Waals surface area contributed by atoms with Gasteiger partial charge in [0.05, 0.1) is 6.20 Å². The van der Waals surface area contributed by atoms with E-state index in [0.717, 1.165) is 16.6 Å². The van der Waals surface area contributed by atoms with Crippen molar-refractivity contribution in [2.75, 3.05) is 17.7 Å². The number of thiophene rings is 1. The van der Waals surface area contributed by atoms with Gasteiger partial charge in [-0.1, -0.05) is 17.4 Å². The van der Waals surface area contributed by atoms with Crippen LogP contribution in [0.15, 0.2) is 23.7 Å². The number of rotatable bonds is 4. The van der Waals surface area contributed by atoms with Crippen LogP contribution in [-0.2, 0) is 6.42 Å². The minimum Gasteiger partial charge on any atom is -0.389 e. The molecule has 0 amide bonds. The molecule has 0 aromatic carbocycles. The molecule has 1 atom stereocenters. The van der Waals surface area contributed by atoms with Gasteiger partial charge in [-0.3, -0.25) is 0 Å². The summed E-state index contributed by atoms with van der Waals surface area (Å²) in [6, 6.07) is 4.70. The standard InChI is InChI=1S/C11H15N3S2/c1-8(6-9-4-3-5-15-9)14(2)11-13-7-10(12)16-11/h3-5,7-8H,6,12H2,1-2H3. The minimum atomic E-state index is 0.434. The van der Waals surface area contributed by atoms with Crippen molar-refractivity contribution in [2.45, 2.75) is 19.4 Å². The maximum Gasteiger partial charge on any atom is 0.187 e. The summed E-state index contributed by atoms with van der Waals surface area (Å²) in [6.45, 7) is 2.21. The molecule has 2 heterocycles. The van der Waals surface area contributed by atoms with Crippen LogP contribution in [0.4, 0.5) is 10.1 Å². The highest BCUT2D eigenvalue weighted by molar-refractivity contribution is 7.19. The van der Waals surface area contributed by atoms with Crippen molar-refractivity contribution in [2.24, 2.45) is 0 Å². The summed E-state index contributed by atoms with van der Waals surface area (Å²) in [6.07, 6.45) is 2.77. The third kappa shape index (κ3) is 2.54. The number of nitrogens with two attached hydrogens (primary N) is 1. The predicted octanol–water partition coefficient (Wildman–Crippen LogP) is 2.85. The predicted molar refractivity (Wildman–Crippen MR) is 72.4 cm³/mol. The van der Waals surface area contributed by atoms with Crippen molar-refractivity contribution < 1.29 is 0 Å². The van der Waals surface area contributed by atoms with Gasteiger partial charge in [-0.15, -0.1) is 11.3 Å². The van der Waals surface area contributed by atoms with E-state index in [4.69, 9.17) is 5.73 Å². The molecular weight excluding hydrogens is 238 g/mol. The Bertz CT molecular complexity index is 436. The van der Waals surface area contributed by atoms with Crippen LogP contribution in [0.1, 0.15) is 11.8 Å². The molecule has 0 saturated heterocycles. The van der Waals surface area contributed by atoms with Crippen molar-refractivity contribution in [3.63, 3.8) is 0 Å². The van der Waals surface area contributed by atoms with E-state index < -0.39 is 0 Å². The summed E-state index contributed by atoms with van der Waals surface area (Å²) in [5.74, 6) is 0. The number of nitrogens with zero attached hydrogens (tertiary/aromatic N) is 2. The summed E-state index contributed by atoms with van der Waals surface area (Å²) in [7, 11) is 2.07. The monoisotopic (exact) mass is 253 g/mol. The van der Waals surface area contributed by atoms with Crippen LogP contribution in [0.5, 0.6) is 0 Å². The third-order valence-corrected chi connectivity index (χ3v) is 4.37. The molecule has 2 N–H and O–H groups in total. The summed E-state index contributed by atoms with van der Waals surface area (Å²) in [4.78, 5) is 7.88. The van der Waals surface area contributed by atoms with Crippen LogP contribution in [0, 0.1) is 0 Å². The second kappa shape index (κ2) is 4.84. The summed E-state index contributed by atoms with van der Waals surface area (Å²) >= 11 is 3.33. The molecule has 1 unspecified atom stereocenters. The Hall–Kier alpha value is -1.07. The number of aromatic nitrogens is 1. The Kier molecular flexibility index (Phi) is 3.46. The maximum absolute atomic E-state index is 5.68. The summed E-state index contributed by atoms with van der Waals surface area (Å²) < 4.78 is 0. The molecule has 0 spiro atoms. The Balaban J connectivity index is 2.02. The molecule has 2 aromatic rings. The molecule has 0 bridgehead atoms. The lowest BCUT2D eigenvalue weighted by atomic mass is 10.2. The van der Waals surface area contributed by atoms with Gasteiger partial charge in [0, 0.05) is 24.4 Å². The van der Waals surface area contributed by atoms with E-state index in [9.17, 15) is 0 Å². The molecule has 0 aliphatic heterocycles. The van der Waals surface area contributed by atoms with Gasteiger partial charge in [0.1, 0.15) is 5.00 Å². The zero-order valence-electron chi connectivity index (χ0n) is 9.38. The van der Waals surface area contributed by atoms with Crippen LogP contribution >= 0.6 is 22.7 Å². The van der Waals surface area contributed by atoms with Crippen LogP contribution in [0.25, 0.3) is 0 Å². The Morgan fingerprint density at radius 1 is 1.56 bits per heavy atom. The first kappa shape index (κ1) is 11.4. The van der Waals surface area contributed by atoms with Gasteiger partial charge in [0.15, 0.2) is 5.13 Å². The quantitative estimate of drug-likeness (QED) is 0.911. The topological polar surface area (TPSA) is 42.2 Å². The van der Waals surface area contributed by atoms with Crippen molar-refractivity contribution >= 4 is 32.8 Å². The minimum absolute atomic E-state index is 0.434. The maximum atomic E-state index is 5.68.